The van der Waals surface area contributed by atoms with Gasteiger partial charge in [-0.15, -0.1) is 0 Å². The maximum Gasteiger partial charge on any atom is 0.193 e. The van der Waals surface area contributed by atoms with Crippen molar-refractivity contribution in [3.8, 4) is 0 Å². The van der Waals surface area contributed by atoms with Gasteiger partial charge in [-0.1, -0.05) is 70.5 Å². The Kier molecular flexibility index (Phi) is 8.94. The molecule has 0 radical (unpaired) electrons. The molecule has 0 saturated carbocycles. The van der Waals surface area contributed by atoms with Gasteiger partial charge in [0, 0.05) is 15.6 Å². The van der Waals surface area contributed by atoms with Crippen molar-refractivity contribution in [2.24, 2.45) is 0 Å². The van der Waals surface area contributed by atoms with E-state index in [1.54, 1.807) is 0 Å². The van der Waals surface area contributed by atoms with E-state index < -0.39 is 0 Å². The van der Waals surface area contributed by atoms with Crippen LogP contribution in [0.2, 0.25) is 0 Å². The smallest absolute Gasteiger partial charge is 0.193 e. The van der Waals surface area contributed by atoms with Crippen LogP contribution in [-0.4, -0.2) is 5.78 Å². The van der Waals surface area contributed by atoms with Crippen LogP contribution in [0.15, 0.2) is 40.9 Å². The first-order valence-corrected chi connectivity index (χ1v) is 11.0. The van der Waals surface area contributed by atoms with Crippen molar-refractivity contribution < 1.29 is 4.79 Å². The van der Waals surface area contributed by atoms with Gasteiger partial charge in [-0.25, -0.2) is 0 Å². The summed E-state index contributed by atoms with van der Waals surface area (Å²) in [5, 5.41) is 0. The summed E-state index contributed by atoms with van der Waals surface area (Å²) >= 11 is 3.42. The van der Waals surface area contributed by atoms with E-state index >= 15 is 0 Å². The van der Waals surface area contributed by atoms with Crippen molar-refractivity contribution >= 4 is 21.7 Å². The number of halogens is 1. The van der Waals surface area contributed by atoms with Crippen LogP contribution >= 0.6 is 15.9 Å². The van der Waals surface area contributed by atoms with E-state index in [1.807, 2.05) is 52.0 Å². The lowest BCUT2D eigenvalue weighted by Crippen LogP contribution is -2.26. The van der Waals surface area contributed by atoms with Gasteiger partial charge in [-0.2, -0.15) is 0 Å². The molecule has 3 rings (SSSR count). The Labute approximate surface area is 174 Å². The van der Waals surface area contributed by atoms with Gasteiger partial charge in [-0.3, -0.25) is 4.79 Å². The number of hydrogen-bond donors (Lipinski definition) is 0. The van der Waals surface area contributed by atoms with Crippen molar-refractivity contribution in [3.05, 3.63) is 68.7 Å². The largest absolute Gasteiger partial charge is 0.289 e. The molecule has 1 aliphatic carbocycles. The molecule has 1 nitrogen and oxygen atoms in total. The summed E-state index contributed by atoms with van der Waals surface area (Å²) in [6, 6.07) is 12.0. The normalized spacial score (nSPS) is 16.9. The van der Waals surface area contributed by atoms with Gasteiger partial charge in [0.2, 0.25) is 0 Å². The summed E-state index contributed by atoms with van der Waals surface area (Å²) in [5.74, 6) is 0.695. The van der Waals surface area contributed by atoms with Gasteiger partial charge >= 0.3 is 0 Å². The number of carbonyl (C=O) groups excluding carboxylic acids is 1. The first kappa shape index (κ1) is 23.6. The molecule has 0 heterocycles. The van der Waals surface area contributed by atoms with Crippen LogP contribution in [0, 0.1) is 6.92 Å². The van der Waals surface area contributed by atoms with Crippen molar-refractivity contribution in [1.29, 1.82) is 0 Å². The molecule has 1 unspecified atom stereocenters. The van der Waals surface area contributed by atoms with Crippen LogP contribution in [-0.2, 0) is 5.41 Å². The van der Waals surface area contributed by atoms with Crippen molar-refractivity contribution in [2.45, 2.75) is 79.6 Å². The molecule has 0 aliphatic heterocycles. The molecule has 0 amide bonds. The van der Waals surface area contributed by atoms with Crippen molar-refractivity contribution in [3.63, 3.8) is 0 Å². The van der Waals surface area contributed by atoms with Crippen molar-refractivity contribution in [1.82, 2.24) is 0 Å². The highest BCUT2D eigenvalue weighted by Gasteiger charge is 2.32. The van der Waals surface area contributed by atoms with E-state index in [4.69, 9.17) is 0 Å². The summed E-state index contributed by atoms with van der Waals surface area (Å²) in [6.45, 7) is 16.9. The van der Waals surface area contributed by atoms with Gasteiger partial charge in [0.05, 0.1) is 0 Å². The van der Waals surface area contributed by atoms with E-state index in [0.29, 0.717) is 5.92 Å². The van der Waals surface area contributed by atoms with Crippen LogP contribution in [0.25, 0.3) is 0 Å². The minimum Gasteiger partial charge on any atom is -0.289 e. The van der Waals surface area contributed by atoms with E-state index in [0.717, 1.165) is 21.2 Å². The third-order valence-electron chi connectivity index (χ3n) is 5.21. The first-order chi connectivity index (χ1) is 12.8. The average Bonchev–Trinajstić information content (AvgIpc) is 2.68. The molecule has 148 valence electrons. The second kappa shape index (κ2) is 10.2. The fourth-order valence-electron chi connectivity index (χ4n) is 3.59. The Morgan fingerprint density at radius 3 is 2.15 bits per heavy atom. The summed E-state index contributed by atoms with van der Waals surface area (Å²) in [6.07, 6.45) is 2.40. The summed E-state index contributed by atoms with van der Waals surface area (Å²) in [7, 11) is 0. The number of hydrogen-bond acceptors (Lipinski definition) is 1. The Hall–Kier alpha value is -1.41. The van der Waals surface area contributed by atoms with Crippen LogP contribution < -0.4 is 0 Å². The topological polar surface area (TPSA) is 17.1 Å². The lowest BCUT2D eigenvalue weighted by atomic mass is 9.68. The molecule has 0 fully saturated rings. The predicted molar refractivity (Wildman–Crippen MR) is 122 cm³/mol. The molecule has 0 N–H and O–H groups in total. The highest BCUT2D eigenvalue weighted by atomic mass is 79.9. The van der Waals surface area contributed by atoms with Gasteiger partial charge in [0.25, 0.3) is 0 Å². The number of carbonyl (C=O) groups is 1. The highest BCUT2D eigenvalue weighted by Crippen LogP contribution is 2.43. The van der Waals surface area contributed by atoms with Gasteiger partial charge in [0.15, 0.2) is 5.78 Å². The Morgan fingerprint density at radius 1 is 1.04 bits per heavy atom. The van der Waals surface area contributed by atoms with Crippen LogP contribution in [0.1, 0.15) is 99.8 Å². The van der Waals surface area contributed by atoms with E-state index in [-0.39, 0.29) is 11.2 Å². The lowest BCUT2D eigenvalue weighted by molar-refractivity contribution is 0.103. The molecule has 27 heavy (non-hydrogen) atoms. The lowest BCUT2D eigenvalue weighted by Gasteiger charge is -2.36. The van der Waals surface area contributed by atoms with E-state index in [2.05, 4.69) is 55.8 Å². The molecule has 2 aromatic carbocycles. The molecule has 0 bridgehead atoms. The molecular weight excluding hydrogens is 396 g/mol. The highest BCUT2D eigenvalue weighted by molar-refractivity contribution is 9.10. The minimum atomic E-state index is 0.117. The van der Waals surface area contributed by atoms with Crippen molar-refractivity contribution in [2.75, 3.05) is 0 Å². The summed E-state index contributed by atoms with van der Waals surface area (Å²) < 4.78 is 0.992. The van der Waals surface area contributed by atoms with Crippen LogP contribution in [0.3, 0.4) is 0 Å². The molecule has 0 aromatic heterocycles. The molecule has 2 aromatic rings. The zero-order valence-electron chi connectivity index (χ0n) is 18.2. The molecular formula is C25H35BrO. The molecule has 1 aliphatic rings. The third kappa shape index (κ3) is 5.31. The number of benzene rings is 2. The van der Waals surface area contributed by atoms with E-state index in [1.165, 1.54) is 24.0 Å². The fraction of sp³-hybridized carbons (Fsp3) is 0.480. The number of aryl methyl sites for hydroxylation is 1. The second-order valence-corrected chi connectivity index (χ2v) is 8.33. The molecule has 2 heteroatoms. The maximum atomic E-state index is 12.9. The zero-order valence-corrected chi connectivity index (χ0v) is 19.8. The molecule has 1 atom stereocenters. The number of fused-ring (bicyclic) bond motifs is 1. The quantitative estimate of drug-likeness (QED) is 0.438. The van der Waals surface area contributed by atoms with E-state index in [9.17, 15) is 4.79 Å². The third-order valence-corrected chi connectivity index (χ3v) is 5.74. The second-order valence-electron chi connectivity index (χ2n) is 7.41. The minimum absolute atomic E-state index is 0.117. The predicted octanol–water partition coefficient (Wildman–Crippen LogP) is 8.22. The Bertz CT molecular complexity index is 757. The number of ketones is 1. The summed E-state index contributed by atoms with van der Waals surface area (Å²) in [4.78, 5) is 12.9. The summed E-state index contributed by atoms with van der Waals surface area (Å²) in [5.41, 5.74) is 5.59. The first-order valence-electron chi connectivity index (χ1n) is 10.2. The SMILES string of the molecule is CC.CC.Cc1cc2c(cc1C(=O)c1ccc(Br)cc1)C(C)(C)CCC2C. The fourth-order valence-corrected chi connectivity index (χ4v) is 3.86. The molecule has 0 spiro atoms. The van der Waals surface area contributed by atoms with Gasteiger partial charge in [0.1, 0.15) is 0 Å². The zero-order chi connectivity index (χ0) is 20.8. The van der Waals surface area contributed by atoms with Gasteiger partial charge < -0.3 is 0 Å². The van der Waals surface area contributed by atoms with Gasteiger partial charge in [-0.05, 0) is 78.1 Å². The average molecular weight is 431 g/mol. The van der Waals surface area contributed by atoms with Crippen LogP contribution in [0.4, 0.5) is 0 Å². The number of rotatable bonds is 2. The Morgan fingerprint density at radius 2 is 1.59 bits per heavy atom. The van der Waals surface area contributed by atoms with Crippen LogP contribution in [0.5, 0.6) is 0 Å². The standard InChI is InChI=1S/C21H23BrO.2C2H6/c1-13-9-10-21(3,4)19-12-18(14(2)11-17(13)19)20(23)15-5-7-16(22)8-6-15;2*1-2/h5-8,11-13H,9-10H2,1-4H3;2*1-2H3. The Balaban J connectivity index is 0.000000855. The molecule has 0 saturated heterocycles. The maximum absolute atomic E-state index is 12.9. The monoisotopic (exact) mass is 430 g/mol.